The Labute approximate surface area is 123 Å². The van der Waals surface area contributed by atoms with E-state index >= 15 is 0 Å². The lowest BCUT2D eigenvalue weighted by Gasteiger charge is -2.11. The lowest BCUT2D eigenvalue weighted by molar-refractivity contribution is -0.145. The van der Waals surface area contributed by atoms with E-state index in [9.17, 15) is 13.6 Å². The van der Waals surface area contributed by atoms with Crippen molar-refractivity contribution in [1.82, 2.24) is 0 Å². The van der Waals surface area contributed by atoms with E-state index in [4.69, 9.17) is 9.47 Å². The predicted octanol–water partition coefficient (Wildman–Crippen LogP) is 3.92. The number of benzene rings is 1. The minimum atomic E-state index is -2.92. The molecule has 0 N–H and O–H groups in total. The number of ether oxygens (including phenoxy) is 3. The van der Waals surface area contributed by atoms with Gasteiger partial charge < -0.3 is 14.2 Å². The molecule has 0 aliphatic rings. The molecular weight excluding hydrogens is 282 g/mol. The zero-order valence-electron chi connectivity index (χ0n) is 12.2. The van der Waals surface area contributed by atoms with E-state index in [1.54, 1.807) is 6.07 Å². The van der Waals surface area contributed by atoms with Crippen LogP contribution in [0.2, 0.25) is 0 Å². The standard InChI is InChI=1S/C15H20F2O4/c1-3-4-5-6-14(18)20-10-11-7-8-12(21-15(16)17)13(9-11)19-2/h7-9,15H,3-6,10H2,1-2H3. The average Bonchev–Trinajstić information content (AvgIpc) is 2.46. The summed E-state index contributed by atoms with van der Waals surface area (Å²) in [5, 5.41) is 0. The third-order valence-electron chi connectivity index (χ3n) is 2.83. The number of halogens is 2. The first-order valence-electron chi connectivity index (χ1n) is 6.84. The van der Waals surface area contributed by atoms with Crippen LogP contribution in [0.1, 0.15) is 38.2 Å². The molecule has 0 unspecified atom stereocenters. The smallest absolute Gasteiger partial charge is 0.387 e. The van der Waals surface area contributed by atoms with E-state index in [0.717, 1.165) is 19.3 Å². The van der Waals surface area contributed by atoms with Crippen LogP contribution >= 0.6 is 0 Å². The van der Waals surface area contributed by atoms with Crippen molar-refractivity contribution in [1.29, 1.82) is 0 Å². The fourth-order valence-electron chi connectivity index (χ4n) is 1.75. The molecule has 0 aromatic heterocycles. The molecule has 0 radical (unpaired) electrons. The van der Waals surface area contributed by atoms with Gasteiger partial charge in [0.05, 0.1) is 7.11 Å². The number of rotatable bonds is 9. The molecule has 21 heavy (non-hydrogen) atoms. The number of alkyl halides is 2. The summed E-state index contributed by atoms with van der Waals surface area (Å²) in [5.74, 6) is -0.143. The molecule has 0 atom stereocenters. The van der Waals surface area contributed by atoms with Gasteiger partial charge in [-0.15, -0.1) is 0 Å². The van der Waals surface area contributed by atoms with E-state index in [-0.39, 0.29) is 24.1 Å². The minimum absolute atomic E-state index is 0.0504. The van der Waals surface area contributed by atoms with E-state index in [0.29, 0.717) is 12.0 Å². The van der Waals surface area contributed by atoms with Crippen LogP contribution < -0.4 is 9.47 Å². The lowest BCUT2D eigenvalue weighted by Crippen LogP contribution is -2.06. The Morgan fingerprint density at radius 3 is 2.62 bits per heavy atom. The van der Waals surface area contributed by atoms with Crippen molar-refractivity contribution in [2.45, 2.75) is 45.8 Å². The van der Waals surface area contributed by atoms with Crippen LogP contribution in [0.25, 0.3) is 0 Å². The minimum Gasteiger partial charge on any atom is -0.493 e. The summed E-state index contributed by atoms with van der Waals surface area (Å²) in [7, 11) is 1.36. The first-order valence-corrected chi connectivity index (χ1v) is 6.84. The van der Waals surface area contributed by atoms with Gasteiger partial charge in [-0.3, -0.25) is 4.79 Å². The second kappa shape index (κ2) is 9.15. The highest BCUT2D eigenvalue weighted by molar-refractivity contribution is 5.69. The van der Waals surface area contributed by atoms with E-state index in [2.05, 4.69) is 11.7 Å². The fraction of sp³-hybridized carbons (Fsp3) is 0.533. The third-order valence-corrected chi connectivity index (χ3v) is 2.83. The van der Waals surface area contributed by atoms with Crippen LogP contribution in [-0.2, 0) is 16.1 Å². The molecule has 4 nitrogen and oxygen atoms in total. The predicted molar refractivity (Wildman–Crippen MR) is 73.6 cm³/mol. The number of carbonyl (C=O) groups is 1. The summed E-state index contributed by atoms with van der Waals surface area (Å²) in [4.78, 5) is 11.5. The van der Waals surface area contributed by atoms with Crippen molar-refractivity contribution in [3.63, 3.8) is 0 Å². The zero-order valence-corrected chi connectivity index (χ0v) is 12.2. The van der Waals surface area contributed by atoms with Gasteiger partial charge in [-0.25, -0.2) is 0 Å². The summed E-state index contributed by atoms with van der Waals surface area (Å²) in [6, 6.07) is 4.43. The first kappa shape index (κ1) is 17.2. The van der Waals surface area contributed by atoms with Crippen LogP contribution in [0.15, 0.2) is 18.2 Å². The van der Waals surface area contributed by atoms with Crippen molar-refractivity contribution in [2.75, 3.05) is 7.11 Å². The summed E-state index contributed by atoms with van der Waals surface area (Å²) in [5.41, 5.74) is 0.650. The Morgan fingerprint density at radius 1 is 1.24 bits per heavy atom. The van der Waals surface area contributed by atoms with Crippen LogP contribution in [0.3, 0.4) is 0 Å². The average molecular weight is 302 g/mol. The highest BCUT2D eigenvalue weighted by Gasteiger charge is 2.11. The molecule has 0 bridgehead atoms. The normalized spacial score (nSPS) is 10.5. The molecule has 0 aliphatic carbocycles. The van der Waals surface area contributed by atoms with Crippen molar-refractivity contribution in [3.8, 4) is 11.5 Å². The SMILES string of the molecule is CCCCCC(=O)OCc1ccc(OC(F)F)c(OC)c1. The number of hydrogen-bond donors (Lipinski definition) is 0. The third kappa shape index (κ3) is 6.42. The Balaban J connectivity index is 2.54. The van der Waals surface area contributed by atoms with Gasteiger partial charge in [-0.1, -0.05) is 25.8 Å². The molecule has 118 valence electrons. The Bertz CT molecular complexity index is 449. The van der Waals surface area contributed by atoms with Crippen molar-refractivity contribution in [3.05, 3.63) is 23.8 Å². The Hall–Kier alpha value is -1.85. The molecule has 0 spiro atoms. The van der Waals surface area contributed by atoms with Crippen LogP contribution in [0.4, 0.5) is 8.78 Å². The van der Waals surface area contributed by atoms with Crippen molar-refractivity contribution in [2.24, 2.45) is 0 Å². The number of esters is 1. The molecule has 0 aliphatic heterocycles. The maximum atomic E-state index is 12.2. The van der Waals surface area contributed by atoms with E-state index < -0.39 is 6.61 Å². The first-order chi connectivity index (χ1) is 10.1. The van der Waals surface area contributed by atoms with Crippen LogP contribution in [-0.4, -0.2) is 19.7 Å². The molecule has 0 saturated heterocycles. The maximum Gasteiger partial charge on any atom is 0.387 e. The lowest BCUT2D eigenvalue weighted by atomic mass is 10.2. The van der Waals surface area contributed by atoms with Crippen LogP contribution in [0.5, 0.6) is 11.5 Å². The van der Waals surface area contributed by atoms with Crippen molar-refractivity contribution < 1.29 is 27.8 Å². The van der Waals surface area contributed by atoms with Gasteiger partial charge in [0.15, 0.2) is 11.5 Å². The zero-order chi connectivity index (χ0) is 15.7. The molecule has 1 aromatic rings. The topological polar surface area (TPSA) is 44.8 Å². The van der Waals surface area contributed by atoms with Gasteiger partial charge >= 0.3 is 12.6 Å². The molecule has 0 amide bonds. The quantitative estimate of drug-likeness (QED) is 0.512. The molecule has 1 rings (SSSR count). The highest BCUT2D eigenvalue weighted by atomic mass is 19.3. The highest BCUT2D eigenvalue weighted by Crippen LogP contribution is 2.29. The number of methoxy groups -OCH3 is 1. The second-order valence-electron chi connectivity index (χ2n) is 4.48. The maximum absolute atomic E-state index is 12.2. The number of carbonyl (C=O) groups excluding carboxylic acids is 1. The van der Waals surface area contributed by atoms with Gasteiger partial charge in [-0.2, -0.15) is 8.78 Å². The largest absolute Gasteiger partial charge is 0.493 e. The van der Waals surface area contributed by atoms with Crippen LogP contribution in [0, 0.1) is 0 Å². The van der Waals surface area contributed by atoms with E-state index in [1.165, 1.54) is 19.2 Å². The summed E-state index contributed by atoms with van der Waals surface area (Å²) >= 11 is 0. The Morgan fingerprint density at radius 2 is 2.00 bits per heavy atom. The Kier molecular flexibility index (Phi) is 7.50. The van der Waals surface area contributed by atoms with Gasteiger partial charge in [0, 0.05) is 6.42 Å². The summed E-state index contributed by atoms with van der Waals surface area (Å²) in [6.45, 7) is -0.780. The van der Waals surface area contributed by atoms with Gasteiger partial charge in [-0.05, 0) is 24.1 Å². The molecular formula is C15H20F2O4. The number of hydrogen-bond acceptors (Lipinski definition) is 4. The monoisotopic (exact) mass is 302 g/mol. The van der Waals surface area contributed by atoms with E-state index in [1.807, 2.05) is 0 Å². The molecule has 0 saturated carbocycles. The van der Waals surface area contributed by atoms with Gasteiger partial charge in [0.25, 0.3) is 0 Å². The van der Waals surface area contributed by atoms with Crippen molar-refractivity contribution >= 4 is 5.97 Å². The molecule has 0 heterocycles. The number of unbranched alkanes of at least 4 members (excludes halogenated alkanes) is 2. The molecule has 0 fully saturated rings. The van der Waals surface area contributed by atoms with Gasteiger partial charge in [0.1, 0.15) is 6.61 Å². The molecule has 1 aromatic carbocycles. The second-order valence-corrected chi connectivity index (χ2v) is 4.48. The van der Waals surface area contributed by atoms with Gasteiger partial charge in [0.2, 0.25) is 0 Å². The molecule has 6 heteroatoms. The summed E-state index contributed by atoms with van der Waals surface area (Å²) in [6.07, 6.45) is 3.22. The summed E-state index contributed by atoms with van der Waals surface area (Å²) < 4.78 is 38.8. The fourth-order valence-corrected chi connectivity index (χ4v) is 1.75.